The van der Waals surface area contributed by atoms with Gasteiger partial charge in [-0.05, 0) is 24.3 Å². The van der Waals surface area contributed by atoms with E-state index in [0.717, 1.165) is 0 Å². The Labute approximate surface area is 97.6 Å². The van der Waals surface area contributed by atoms with Crippen LogP contribution in [0.4, 0.5) is 0 Å². The van der Waals surface area contributed by atoms with E-state index in [1.54, 1.807) is 24.3 Å². The molecule has 0 aliphatic heterocycles. The standard InChI is InChI=1S/C12H9ClO3/c1-15-11-3-2-9(13)6-10(11)12(14)8-4-5-16-7-8/h2-7H,1H3. The average Bonchev–Trinajstić information content (AvgIpc) is 2.81. The summed E-state index contributed by atoms with van der Waals surface area (Å²) in [5.74, 6) is 0.323. The lowest BCUT2D eigenvalue weighted by Crippen LogP contribution is -2.02. The van der Waals surface area contributed by atoms with E-state index in [2.05, 4.69) is 0 Å². The number of ether oxygens (including phenoxy) is 1. The number of hydrogen-bond donors (Lipinski definition) is 0. The van der Waals surface area contributed by atoms with Crippen LogP contribution >= 0.6 is 11.6 Å². The van der Waals surface area contributed by atoms with Gasteiger partial charge < -0.3 is 9.15 Å². The third kappa shape index (κ3) is 1.95. The van der Waals surface area contributed by atoms with Crippen LogP contribution in [0.15, 0.2) is 41.2 Å². The van der Waals surface area contributed by atoms with Crippen molar-refractivity contribution in [3.63, 3.8) is 0 Å². The van der Waals surface area contributed by atoms with Gasteiger partial charge in [-0.2, -0.15) is 0 Å². The summed E-state index contributed by atoms with van der Waals surface area (Å²) in [6.07, 6.45) is 2.84. The van der Waals surface area contributed by atoms with Crippen LogP contribution in [0.1, 0.15) is 15.9 Å². The molecule has 0 N–H and O–H groups in total. The van der Waals surface area contributed by atoms with Crippen molar-refractivity contribution in [2.45, 2.75) is 0 Å². The second-order valence-corrected chi connectivity index (χ2v) is 3.62. The molecule has 0 aliphatic carbocycles. The number of halogens is 1. The second kappa shape index (κ2) is 4.41. The first-order valence-electron chi connectivity index (χ1n) is 4.63. The number of hydrogen-bond acceptors (Lipinski definition) is 3. The molecule has 0 saturated carbocycles. The molecular weight excluding hydrogens is 228 g/mol. The van der Waals surface area contributed by atoms with Crippen LogP contribution in [0.3, 0.4) is 0 Å². The monoisotopic (exact) mass is 236 g/mol. The van der Waals surface area contributed by atoms with E-state index in [1.807, 2.05) is 0 Å². The molecular formula is C12H9ClO3. The fraction of sp³-hybridized carbons (Fsp3) is 0.0833. The van der Waals surface area contributed by atoms with Crippen LogP contribution in [0.25, 0.3) is 0 Å². The van der Waals surface area contributed by atoms with Gasteiger partial charge in [-0.3, -0.25) is 4.79 Å². The van der Waals surface area contributed by atoms with Crippen LogP contribution in [0, 0.1) is 0 Å². The molecule has 0 radical (unpaired) electrons. The normalized spacial score (nSPS) is 10.1. The lowest BCUT2D eigenvalue weighted by atomic mass is 10.1. The average molecular weight is 237 g/mol. The summed E-state index contributed by atoms with van der Waals surface area (Å²) in [5.41, 5.74) is 0.900. The molecule has 2 rings (SSSR count). The SMILES string of the molecule is COc1ccc(Cl)cc1C(=O)c1ccoc1. The zero-order valence-electron chi connectivity index (χ0n) is 8.57. The molecule has 1 aromatic heterocycles. The van der Waals surface area contributed by atoms with Crippen molar-refractivity contribution >= 4 is 17.4 Å². The lowest BCUT2D eigenvalue weighted by molar-refractivity contribution is 0.103. The van der Waals surface area contributed by atoms with E-state index in [0.29, 0.717) is 21.9 Å². The fourth-order valence-corrected chi connectivity index (χ4v) is 1.58. The topological polar surface area (TPSA) is 39.4 Å². The van der Waals surface area contributed by atoms with Gasteiger partial charge >= 0.3 is 0 Å². The van der Waals surface area contributed by atoms with Gasteiger partial charge in [-0.15, -0.1) is 0 Å². The van der Waals surface area contributed by atoms with Gasteiger partial charge in [0.05, 0.1) is 24.5 Å². The van der Waals surface area contributed by atoms with Crippen molar-refractivity contribution in [3.05, 3.63) is 52.9 Å². The summed E-state index contributed by atoms with van der Waals surface area (Å²) >= 11 is 5.85. The molecule has 0 bridgehead atoms. The maximum absolute atomic E-state index is 12.0. The van der Waals surface area contributed by atoms with E-state index >= 15 is 0 Å². The van der Waals surface area contributed by atoms with Crippen LogP contribution in [0.5, 0.6) is 5.75 Å². The minimum Gasteiger partial charge on any atom is -0.496 e. The number of carbonyl (C=O) groups excluding carboxylic acids is 1. The molecule has 2 aromatic rings. The molecule has 16 heavy (non-hydrogen) atoms. The Balaban J connectivity index is 2.47. The number of benzene rings is 1. The first kappa shape index (κ1) is 10.8. The third-order valence-electron chi connectivity index (χ3n) is 2.19. The van der Waals surface area contributed by atoms with Gasteiger partial charge in [0.2, 0.25) is 0 Å². The van der Waals surface area contributed by atoms with Crippen LogP contribution in [-0.2, 0) is 0 Å². The molecule has 0 aliphatic rings. The van der Waals surface area contributed by atoms with Gasteiger partial charge in [-0.25, -0.2) is 0 Å². The number of ketones is 1. The molecule has 82 valence electrons. The van der Waals surface area contributed by atoms with E-state index in [-0.39, 0.29) is 5.78 Å². The number of carbonyl (C=O) groups is 1. The van der Waals surface area contributed by atoms with Crippen molar-refractivity contribution in [1.82, 2.24) is 0 Å². The van der Waals surface area contributed by atoms with Crippen molar-refractivity contribution in [1.29, 1.82) is 0 Å². The third-order valence-corrected chi connectivity index (χ3v) is 2.42. The molecule has 0 fully saturated rings. The summed E-state index contributed by atoms with van der Waals surface area (Å²) in [6.45, 7) is 0. The van der Waals surface area contributed by atoms with Crippen molar-refractivity contribution in [3.8, 4) is 5.75 Å². The number of furan rings is 1. The molecule has 0 atom stereocenters. The predicted molar refractivity (Wildman–Crippen MR) is 60.1 cm³/mol. The summed E-state index contributed by atoms with van der Waals surface area (Å²) < 4.78 is 9.98. The smallest absolute Gasteiger partial charge is 0.200 e. The summed E-state index contributed by atoms with van der Waals surface area (Å²) in [4.78, 5) is 12.0. The Kier molecular flexibility index (Phi) is 2.97. The molecule has 3 nitrogen and oxygen atoms in total. The molecule has 4 heteroatoms. The first-order valence-corrected chi connectivity index (χ1v) is 5.00. The maximum Gasteiger partial charge on any atom is 0.200 e. The van der Waals surface area contributed by atoms with Gasteiger partial charge in [0.15, 0.2) is 5.78 Å². The predicted octanol–water partition coefficient (Wildman–Crippen LogP) is 3.17. The Morgan fingerprint density at radius 2 is 2.19 bits per heavy atom. The van der Waals surface area contributed by atoms with Gasteiger partial charge in [0.1, 0.15) is 12.0 Å². The van der Waals surface area contributed by atoms with Crippen molar-refractivity contribution < 1.29 is 13.9 Å². The zero-order chi connectivity index (χ0) is 11.5. The molecule has 0 spiro atoms. The molecule has 0 saturated heterocycles. The maximum atomic E-state index is 12.0. The highest BCUT2D eigenvalue weighted by molar-refractivity contribution is 6.31. The van der Waals surface area contributed by atoms with E-state index in [4.69, 9.17) is 20.8 Å². The molecule has 1 aromatic carbocycles. The highest BCUT2D eigenvalue weighted by Crippen LogP contribution is 2.25. The lowest BCUT2D eigenvalue weighted by Gasteiger charge is -2.06. The number of rotatable bonds is 3. The van der Waals surface area contributed by atoms with Gasteiger partial charge in [0, 0.05) is 5.02 Å². The Bertz CT molecular complexity index is 503. The Morgan fingerprint density at radius 1 is 1.38 bits per heavy atom. The first-order chi connectivity index (χ1) is 7.72. The van der Waals surface area contributed by atoms with E-state index in [9.17, 15) is 4.79 Å². The Morgan fingerprint density at radius 3 is 2.81 bits per heavy atom. The van der Waals surface area contributed by atoms with Gasteiger partial charge in [-0.1, -0.05) is 11.6 Å². The van der Waals surface area contributed by atoms with Crippen molar-refractivity contribution in [2.24, 2.45) is 0 Å². The summed E-state index contributed by atoms with van der Waals surface area (Å²) in [7, 11) is 1.51. The number of methoxy groups -OCH3 is 1. The summed E-state index contributed by atoms with van der Waals surface area (Å²) in [5, 5.41) is 0.493. The molecule has 1 heterocycles. The largest absolute Gasteiger partial charge is 0.496 e. The van der Waals surface area contributed by atoms with Gasteiger partial charge in [0.25, 0.3) is 0 Å². The quantitative estimate of drug-likeness (QED) is 0.769. The minimum atomic E-state index is -0.173. The Hall–Kier alpha value is -1.74. The van der Waals surface area contributed by atoms with Crippen LogP contribution in [-0.4, -0.2) is 12.9 Å². The zero-order valence-corrected chi connectivity index (χ0v) is 9.32. The highest BCUT2D eigenvalue weighted by Gasteiger charge is 2.15. The van der Waals surface area contributed by atoms with Crippen molar-refractivity contribution in [2.75, 3.05) is 7.11 Å². The fourth-order valence-electron chi connectivity index (χ4n) is 1.41. The van der Waals surface area contributed by atoms with Crippen LogP contribution < -0.4 is 4.74 Å². The van der Waals surface area contributed by atoms with Crippen LogP contribution in [0.2, 0.25) is 5.02 Å². The van der Waals surface area contributed by atoms with E-state index < -0.39 is 0 Å². The molecule has 0 unspecified atom stereocenters. The molecule has 0 amide bonds. The minimum absolute atomic E-state index is 0.173. The van der Waals surface area contributed by atoms with E-state index in [1.165, 1.54) is 19.6 Å². The second-order valence-electron chi connectivity index (χ2n) is 3.19. The summed E-state index contributed by atoms with van der Waals surface area (Å²) in [6, 6.07) is 6.51. The highest BCUT2D eigenvalue weighted by atomic mass is 35.5.